The van der Waals surface area contributed by atoms with Crippen molar-refractivity contribution in [1.29, 1.82) is 0 Å². The number of halogens is 3. The molecule has 0 radical (unpaired) electrons. The molecule has 0 fully saturated rings. The molecule has 0 bridgehead atoms. The van der Waals surface area contributed by atoms with E-state index in [0.29, 0.717) is 21.6 Å². The number of aromatic amines is 1. The Labute approximate surface area is 203 Å². The minimum absolute atomic E-state index is 0.0181. The number of H-pyrrole nitrogens is 1. The van der Waals surface area contributed by atoms with Crippen LogP contribution in [0.15, 0.2) is 36.4 Å². The van der Waals surface area contributed by atoms with Gasteiger partial charge in [0.2, 0.25) is 0 Å². The summed E-state index contributed by atoms with van der Waals surface area (Å²) in [7, 11) is 3.96. The zero-order valence-electron chi connectivity index (χ0n) is 18.4. The van der Waals surface area contributed by atoms with Gasteiger partial charge in [0.05, 0.1) is 18.3 Å². The Balaban J connectivity index is 1.97. The van der Waals surface area contributed by atoms with Gasteiger partial charge in [0.25, 0.3) is 0 Å². The first-order chi connectivity index (χ1) is 15.3. The molecule has 170 valence electrons. The zero-order chi connectivity index (χ0) is 23.0. The summed E-state index contributed by atoms with van der Waals surface area (Å²) in [5.41, 5.74) is 5.22. The van der Waals surface area contributed by atoms with Gasteiger partial charge in [-0.2, -0.15) is 5.10 Å². The van der Waals surface area contributed by atoms with Crippen LogP contribution in [0.2, 0.25) is 15.1 Å². The molecule has 2 heterocycles. The van der Waals surface area contributed by atoms with Gasteiger partial charge < -0.3 is 10.0 Å². The third kappa shape index (κ3) is 4.25. The van der Waals surface area contributed by atoms with Crippen LogP contribution < -0.4 is 4.90 Å². The van der Waals surface area contributed by atoms with Crippen molar-refractivity contribution in [3.05, 3.63) is 79.4 Å². The Morgan fingerprint density at radius 2 is 1.78 bits per heavy atom. The lowest BCUT2D eigenvalue weighted by molar-refractivity contribution is 0.0797. The molecule has 0 spiro atoms. The van der Waals surface area contributed by atoms with Gasteiger partial charge in [0.1, 0.15) is 5.82 Å². The molecule has 2 aromatic carbocycles. The van der Waals surface area contributed by atoms with E-state index in [-0.39, 0.29) is 18.7 Å². The fourth-order valence-corrected chi connectivity index (χ4v) is 5.67. The Bertz CT molecular complexity index is 1090. The average Bonchev–Trinajstić information content (AvgIpc) is 3.19. The molecule has 1 aromatic heterocycles. The van der Waals surface area contributed by atoms with Gasteiger partial charge in [-0.1, -0.05) is 66.0 Å². The maximum Gasteiger partial charge on any atom is 0.129 e. The molecule has 0 saturated carbocycles. The molecule has 1 aliphatic heterocycles. The molecule has 1 aliphatic rings. The van der Waals surface area contributed by atoms with Crippen molar-refractivity contribution >= 4 is 40.6 Å². The minimum atomic E-state index is -0.316. The Morgan fingerprint density at radius 1 is 1.12 bits per heavy atom. The van der Waals surface area contributed by atoms with Crippen LogP contribution in [-0.4, -0.2) is 46.9 Å². The van der Waals surface area contributed by atoms with Gasteiger partial charge in [-0.3, -0.25) is 10.00 Å². The van der Waals surface area contributed by atoms with Crippen LogP contribution in [-0.2, 0) is 19.4 Å². The Morgan fingerprint density at radius 3 is 2.38 bits per heavy atom. The second-order valence-corrected chi connectivity index (χ2v) is 9.60. The van der Waals surface area contributed by atoms with E-state index in [0.717, 1.165) is 35.5 Å². The smallest absolute Gasteiger partial charge is 0.129 e. The lowest BCUT2D eigenvalue weighted by Gasteiger charge is -2.42. The number of aliphatic hydroxyl groups excluding tert-OH is 1. The van der Waals surface area contributed by atoms with Crippen LogP contribution in [0.1, 0.15) is 40.9 Å². The number of nitrogens with one attached hydrogen (secondary N) is 1. The summed E-state index contributed by atoms with van der Waals surface area (Å²) in [6, 6.07) is 11.4. The highest BCUT2D eigenvalue weighted by Crippen LogP contribution is 2.46. The molecule has 0 aliphatic carbocycles. The summed E-state index contributed by atoms with van der Waals surface area (Å²) < 4.78 is 0. The van der Waals surface area contributed by atoms with E-state index in [4.69, 9.17) is 34.8 Å². The number of hydrogen-bond acceptors (Lipinski definition) is 4. The highest BCUT2D eigenvalue weighted by atomic mass is 35.5. The number of fused-ring (bicyclic) bond motifs is 1. The Hall–Kier alpha value is -1.76. The number of hydrogen-bond donors (Lipinski definition) is 2. The highest BCUT2D eigenvalue weighted by Gasteiger charge is 2.38. The van der Waals surface area contributed by atoms with Gasteiger partial charge in [-0.05, 0) is 36.1 Å². The maximum atomic E-state index is 10.4. The fourth-order valence-electron chi connectivity index (χ4n) is 4.65. The quantitative estimate of drug-likeness (QED) is 0.476. The molecule has 5 nitrogen and oxygen atoms in total. The number of nitrogens with zero attached hydrogens (tertiary/aromatic N) is 3. The molecule has 3 aromatic rings. The van der Waals surface area contributed by atoms with E-state index in [1.54, 1.807) is 12.1 Å². The summed E-state index contributed by atoms with van der Waals surface area (Å²) in [6.45, 7) is 2.75. The second kappa shape index (κ2) is 9.62. The zero-order valence-corrected chi connectivity index (χ0v) is 20.6. The van der Waals surface area contributed by atoms with Gasteiger partial charge in [0.15, 0.2) is 0 Å². The summed E-state index contributed by atoms with van der Waals surface area (Å²) in [5.74, 6) is 0.893. The molecule has 2 N–H and O–H groups in total. The molecular formula is C24H27Cl3N4O. The average molecular weight is 494 g/mol. The van der Waals surface area contributed by atoms with E-state index in [9.17, 15) is 5.11 Å². The van der Waals surface area contributed by atoms with Gasteiger partial charge in [-0.25, -0.2) is 0 Å². The topological polar surface area (TPSA) is 55.4 Å². The van der Waals surface area contributed by atoms with Crippen LogP contribution in [0.5, 0.6) is 0 Å². The van der Waals surface area contributed by atoms with E-state index >= 15 is 0 Å². The van der Waals surface area contributed by atoms with Gasteiger partial charge in [-0.15, -0.1) is 0 Å². The molecule has 32 heavy (non-hydrogen) atoms. The molecule has 8 heteroatoms. The van der Waals surface area contributed by atoms with Crippen molar-refractivity contribution in [2.45, 2.75) is 38.4 Å². The molecule has 0 amide bonds. The third-order valence-electron chi connectivity index (χ3n) is 6.17. The van der Waals surface area contributed by atoms with Crippen molar-refractivity contribution in [3.8, 4) is 0 Å². The predicted octanol–water partition coefficient (Wildman–Crippen LogP) is 5.51. The normalized spacial score (nSPS) is 17.3. The molecule has 2 atom stereocenters. The van der Waals surface area contributed by atoms with E-state index in [2.05, 4.69) is 34.2 Å². The third-order valence-corrected chi connectivity index (χ3v) is 7.02. The largest absolute Gasteiger partial charge is 0.395 e. The molecular weight excluding hydrogens is 467 g/mol. The first kappa shape index (κ1) is 23.4. The maximum absolute atomic E-state index is 10.4. The Kier molecular flexibility index (Phi) is 7.03. The van der Waals surface area contributed by atoms with Crippen molar-refractivity contribution < 1.29 is 5.11 Å². The van der Waals surface area contributed by atoms with Crippen molar-refractivity contribution in [2.75, 3.05) is 25.6 Å². The fraction of sp³-hybridized carbons (Fsp3) is 0.375. The number of anilines is 1. The van der Waals surface area contributed by atoms with Crippen LogP contribution in [0, 0.1) is 0 Å². The standard InChI is InChI=1S/C24H27Cl3N4O/c1-4-20-22(24(29-28-20)30(2)3)23(21-18(26)10-16(25)11-19(21)27)31-12-15-8-6-5-7-14(15)9-17(31)13-32/h5-8,10-11,17,23,32H,4,9,12-13H2,1-3H3,(H,28,29). The number of benzene rings is 2. The highest BCUT2D eigenvalue weighted by molar-refractivity contribution is 6.39. The second-order valence-electron chi connectivity index (χ2n) is 8.35. The van der Waals surface area contributed by atoms with Gasteiger partial charge >= 0.3 is 0 Å². The van der Waals surface area contributed by atoms with Crippen LogP contribution in [0.25, 0.3) is 0 Å². The minimum Gasteiger partial charge on any atom is -0.395 e. The summed E-state index contributed by atoms with van der Waals surface area (Å²) in [6.07, 6.45) is 1.48. The number of aromatic nitrogens is 2. The predicted molar refractivity (Wildman–Crippen MR) is 132 cm³/mol. The lowest BCUT2D eigenvalue weighted by Crippen LogP contribution is -2.45. The van der Waals surface area contributed by atoms with Crippen LogP contribution >= 0.6 is 34.8 Å². The monoisotopic (exact) mass is 492 g/mol. The van der Waals surface area contributed by atoms with E-state index < -0.39 is 0 Å². The van der Waals surface area contributed by atoms with Crippen LogP contribution in [0.4, 0.5) is 5.82 Å². The molecule has 4 rings (SSSR count). The number of aliphatic hydroxyl groups is 1. The lowest BCUT2D eigenvalue weighted by atomic mass is 9.88. The van der Waals surface area contributed by atoms with Crippen LogP contribution in [0.3, 0.4) is 0 Å². The first-order valence-corrected chi connectivity index (χ1v) is 11.8. The van der Waals surface area contributed by atoms with Crippen molar-refractivity contribution in [3.63, 3.8) is 0 Å². The first-order valence-electron chi connectivity index (χ1n) is 10.7. The molecule has 2 unspecified atom stereocenters. The van der Waals surface area contributed by atoms with Crippen molar-refractivity contribution in [2.24, 2.45) is 0 Å². The van der Waals surface area contributed by atoms with Gasteiger partial charge in [0, 0.05) is 52.9 Å². The van der Waals surface area contributed by atoms with E-state index in [1.165, 1.54) is 11.1 Å². The summed E-state index contributed by atoms with van der Waals surface area (Å²) in [5, 5.41) is 19.7. The van der Waals surface area contributed by atoms with Crippen molar-refractivity contribution in [1.82, 2.24) is 15.1 Å². The summed E-state index contributed by atoms with van der Waals surface area (Å²) >= 11 is 19.8. The molecule has 0 saturated heterocycles. The number of rotatable bonds is 6. The number of aryl methyl sites for hydroxylation is 1. The van der Waals surface area contributed by atoms with E-state index in [1.807, 2.05) is 31.1 Å². The SMILES string of the molecule is CCc1n[nH]c(N(C)C)c1C(c1c(Cl)cc(Cl)cc1Cl)N1Cc2ccccc2CC1CO. The summed E-state index contributed by atoms with van der Waals surface area (Å²) in [4.78, 5) is 4.30.